The molecule has 8 heteroatoms. The number of nitrogens with two attached hydrogens (primary N) is 1. The van der Waals surface area contributed by atoms with Crippen molar-refractivity contribution in [3.8, 4) is 5.88 Å². The molecule has 2 rings (SSSR count). The van der Waals surface area contributed by atoms with Crippen molar-refractivity contribution in [2.75, 3.05) is 11.6 Å². The Labute approximate surface area is 186 Å². The van der Waals surface area contributed by atoms with Crippen LogP contribution in [0.25, 0.3) is 0 Å². The number of para-hydroxylation sites is 1. The summed E-state index contributed by atoms with van der Waals surface area (Å²) in [5.41, 5.74) is 0.390. The van der Waals surface area contributed by atoms with Crippen molar-refractivity contribution in [3.63, 3.8) is 0 Å². The number of benzene rings is 1. The first-order chi connectivity index (χ1) is 14.7. The number of alkyl halides is 2. The molecule has 5 nitrogen and oxygen atoms in total. The number of aliphatic hydroxyl groups is 1. The lowest BCUT2D eigenvalue weighted by atomic mass is 9.95. The molecule has 0 bridgehead atoms. The lowest BCUT2D eigenvalue weighted by Gasteiger charge is -2.25. The van der Waals surface area contributed by atoms with Crippen LogP contribution in [-0.2, 0) is 0 Å². The Morgan fingerprint density at radius 3 is 2.48 bits per heavy atom. The van der Waals surface area contributed by atoms with Crippen LogP contribution >= 0.6 is 11.6 Å². The topological polar surface area (TPSA) is 71.6 Å². The van der Waals surface area contributed by atoms with Crippen LogP contribution in [0.5, 0.6) is 5.88 Å². The highest BCUT2D eigenvalue weighted by atomic mass is 35.5. The lowest BCUT2D eigenvalue weighted by molar-refractivity contribution is 0.0449. The number of rotatable bonds is 9. The zero-order valence-electron chi connectivity index (χ0n) is 17.6. The van der Waals surface area contributed by atoms with Gasteiger partial charge in [-0.25, -0.2) is 19.6 Å². The van der Waals surface area contributed by atoms with Gasteiger partial charge < -0.3 is 9.84 Å². The van der Waals surface area contributed by atoms with E-state index < -0.39 is 12.0 Å². The van der Waals surface area contributed by atoms with Gasteiger partial charge in [0.05, 0.1) is 11.4 Å². The molecule has 0 saturated heterocycles. The van der Waals surface area contributed by atoms with Gasteiger partial charge in [-0.2, -0.15) is 0 Å². The highest BCUT2D eigenvalue weighted by Crippen LogP contribution is 2.29. The number of pyridine rings is 1. The molecule has 31 heavy (non-hydrogen) atoms. The number of allylic oxidation sites excluding steroid dienone is 3. The van der Waals surface area contributed by atoms with E-state index >= 15 is 0 Å². The molecule has 1 atom stereocenters. The third-order valence-corrected chi connectivity index (χ3v) is 4.82. The average molecular weight is 450 g/mol. The lowest BCUT2D eigenvalue weighted by Crippen LogP contribution is -2.34. The normalized spacial score (nSPS) is 14.7. The van der Waals surface area contributed by atoms with Gasteiger partial charge in [-0.05, 0) is 50.6 Å². The second-order valence-electron chi connectivity index (χ2n) is 6.92. The van der Waals surface area contributed by atoms with Crippen LogP contribution in [0.1, 0.15) is 32.8 Å². The van der Waals surface area contributed by atoms with E-state index in [1.54, 1.807) is 32.1 Å². The Morgan fingerprint density at radius 1 is 1.26 bits per heavy atom. The number of hydrazine groups is 1. The summed E-state index contributed by atoms with van der Waals surface area (Å²) in [5, 5.41) is 12.4. The van der Waals surface area contributed by atoms with Gasteiger partial charge in [0.25, 0.3) is 6.43 Å². The highest BCUT2D eigenvalue weighted by Gasteiger charge is 2.26. The van der Waals surface area contributed by atoms with Crippen LogP contribution in [-0.4, -0.2) is 22.3 Å². The first-order valence-electron chi connectivity index (χ1n) is 9.59. The number of aromatic nitrogens is 1. The van der Waals surface area contributed by atoms with Crippen LogP contribution in [0.2, 0.25) is 5.02 Å². The number of ether oxygens (including phenoxy) is 1. The molecular weight excluding hydrogens is 424 g/mol. The van der Waals surface area contributed by atoms with E-state index in [2.05, 4.69) is 4.98 Å². The molecule has 2 aromatic rings. The summed E-state index contributed by atoms with van der Waals surface area (Å²) in [6.07, 6.45) is 5.41. The predicted octanol–water partition coefficient (Wildman–Crippen LogP) is 5.59. The first kappa shape index (κ1) is 24.5. The van der Waals surface area contributed by atoms with Crippen molar-refractivity contribution in [3.05, 3.63) is 88.8 Å². The molecule has 0 saturated carbocycles. The van der Waals surface area contributed by atoms with Crippen LogP contribution in [0.3, 0.4) is 0 Å². The molecule has 0 radical (unpaired) electrons. The van der Waals surface area contributed by atoms with Crippen LogP contribution in [0.4, 0.5) is 14.5 Å². The minimum absolute atomic E-state index is 0.0304. The minimum atomic E-state index is -2.68. The largest absolute Gasteiger partial charge is 0.473 e. The summed E-state index contributed by atoms with van der Waals surface area (Å²) in [7, 11) is 0. The van der Waals surface area contributed by atoms with Gasteiger partial charge >= 0.3 is 0 Å². The number of hydrogen-bond acceptors (Lipinski definition) is 5. The number of halogens is 3. The summed E-state index contributed by atoms with van der Waals surface area (Å²) < 4.78 is 31.0. The van der Waals surface area contributed by atoms with Crippen LogP contribution in [0, 0.1) is 0 Å². The maximum Gasteiger partial charge on any atom is 0.265 e. The van der Waals surface area contributed by atoms with Crippen LogP contribution < -0.4 is 15.6 Å². The summed E-state index contributed by atoms with van der Waals surface area (Å²) in [6.45, 7) is 5.02. The van der Waals surface area contributed by atoms with Crippen molar-refractivity contribution < 1.29 is 18.6 Å². The van der Waals surface area contributed by atoms with E-state index in [-0.39, 0.29) is 23.1 Å². The molecule has 0 aliphatic rings. The monoisotopic (exact) mass is 449 g/mol. The van der Waals surface area contributed by atoms with E-state index in [9.17, 15) is 13.9 Å². The fourth-order valence-electron chi connectivity index (χ4n) is 2.77. The highest BCUT2D eigenvalue weighted by molar-refractivity contribution is 6.31. The van der Waals surface area contributed by atoms with Crippen molar-refractivity contribution in [1.82, 2.24) is 4.98 Å². The molecule has 0 amide bonds. The van der Waals surface area contributed by atoms with Crippen molar-refractivity contribution in [2.24, 2.45) is 5.84 Å². The Balaban J connectivity index is 2.11. The summed E-state index contributed by atoms with van der Waals surface area (Å²) in [5.74, 6) is 6.17. The molecule has 1 aromatic heterocycles. The molecule has 1 aromatic carbocycles. The van der Waals surface area contributed by atoms with E-state index in [1.807, 2.05) is 43.3 Å². The van der Waals surface area contributed by atoms with Gasteiger partial charge in [0.2, 0.25) is 5.88 Å². The van der Waals surface area contributed by atoms with E-state index in [4.69, 9.17) is 22.2 Å². The van der Waals surface area contributed by atoms with Gasteiger partial charge in [0.15, 0.2) is 0 Å². The molecule has 3 N–H and O–H groups in total. The summed E-state index contributed by atoms with van der Waals surface area (Å²) in [6, 6.07) is 10.5. The zero-order valence-corrected chi connectivity index (χ0v) is 18.4. The van der Waals surface area contributed by atoms with Crippen LogP contribution in [0.15, 0.2) is 78.2 Å². The number of nitrogens with zero attached hydrogens (tertiary/aromatic N) is 2. The maximum atomic E-state index is 12.7. The molecule has 0 aliphatic carbocycles. The second-order valence-corrected chi connectivity index (χ2v) is 7.32. The van der Waals surface area contributed by atoms with Crippen molar-refractivity contribution in [2.45, 2.75) is 32.8 Å². The standard InChI is InChI=1S/C23H26ClF2N3O2/c1-4-17(11-12-18(5-2)29(27)19-9-7-6-8-10-19)23(3,30)15-31-22-20(24)13-16(14-28-22)21(25)26/h4-14,21,30H,15,27H2,1-3H3/b12-11-,17-4+,18-5-. The molecule has 1 heterocycles. The fourth-order valence-corrected chi connectivity index (χ4v) is 3.00. The smallest absolute Gasteiger partial charge is 0.265 e. The minimum Gasteiger partial charge on any atom is -0.473 e. The quantitative estimate of drug-likeness (QED) is 0.296. The molecule has 166 valence electrons. The molecular formula is C23H26ClF2N3O2. The molecule has 0 aliphatic heterocycles. The van der Waals surface area contributed by atoms with Gasteiger partial charge in [-0.3, -0.25) is 5.01 Å². The van der Waals surface area contributed by atoms with Gasteiger partial charge in [-0.1, -0.05) is 48.0 Å². The van der Waals surface area contributed by atoms with E-state index in [0.29, 0.717) is 5.57 Å². The van der Waals surface area contributed by atoms with Gasteiger partial charge in [0.1, 0.15) is 17.2 Å². The summed E-state index contributed by atoms with van der Waals surface area (Å²) >= 11 is 5.97. The predicted molar refractivity (Wildman–Crippen MR) is 120 cm³/mol. The Hall–Kier alpha value is -2.74. The average Bonchev–Trinajstić information content (AvgIpc) is 2.76. The summed E-state index contributed by atoms with van der Waals surface area (Å²) in [4.78, 5) is 3.82. The number of anilines is 1. The Bertz CT molecular complexity index is 961. The van der Waals surface area contributed by atoms with Crippen molar-refractivity contribution in [1.29, 1.82) is 0 Å². The van der Waals surface area contributed by atoms with Crippen molar-refractivity contribution >= 4 is 17.3 Å². The molecule has 0 fully saturated rings. The first-order valence-corrected chi connectivity index (χ1v) is 9.97. The maximum absolute atomic E-state index is 12.7. The van der Waals surface area contributed by atoms with Gasteiger partial charge in [-0.15, -0.1) is 0 Å². The second kappa shape index (κ2) is 11.0. The zero-order chi connectivity index (χ0) is 23.0. The fraction of sp³-hybridized carbons (Fsp3) is 0.261. The molecule has 1 unspecified atom stereocenters. The Morgan fingerprint density at radius 2 is 1.94 bits per heavy atom. The number of hydrogen-bond donors (Lipinski definition) is 2. The van der Waals surface area contributed by atoms with E-state index in [0.717, 1.165) is 23.6 Å². The molecule has 0 spiro atoms. The van der Waals surface area contributed by atoms with E-state index in [1.165, 1.54) is 5.01 Å². The Kier molecular flexibility index (Phi) is 8.74. The third kappa shape index (κ3) is 6.62. The van der Waals surface area contributed by atoms with Gasteiger partial charge in [0, 0.05) is 11.8 Å². The third-order valence-electron chi connectivity index (χ3n) is 4.55. The SMILES string of the molecule is C/C=C(/C=C\C(=C/C)C(C)(O)COc1ncc(C(F)F)cc1Cl)N(N)c1ccccc1.